The number of carbonyl (C=O) groups is 7. The Morgan fingerprint density at radius 3 is 1.14 bits per heavy atom. The van der Waals surface area contributed by atoms with Crippen LogP contribution in [0.2, 0.25) is 0 Å². The number of rotatable bonds is 18. The summed E-state index contributed by atoms with van der Waals surface area (Å²) >= 11 is 10.0. The third kappa shape index (κ3) is 31.4. The Morgan fingerprint density at radius 1 is 0.443 bits per heavy atom. The fourth-order valence-corrected chi connectivity index (χ4v) is 10.1. The Labute approximate surface area is 636 Å². The molecule has 6 amide bonds. The van der Waals surface area contributed by atoms with Crippen molar-refractivity contribution in [2.24, 2.45) is 0 Å². The van der Waals surface area contributed by atoms with E-state index in [1.807, 2.05) is 57.2 Å². The number of halogens is 3. The highest BCUT2D eigenvalue weighted by molar-refractivity contribution is 9.11. The topological polar surface area (TPSA) is 414 Å². The molecule has 0 spiro atoms. The van der Waals surface area contributed by atoms with E-state index >= 15 is 0 Å². The van der Waals surface area contributed by atoms with E-state index in [0.29, 0.717) is 73.7 Å². The molecule has 30 nitrogen and oxygen atoms in total. The van der Waals surface area contributed by atoms with Crippen molar-refractivity contribution in [3.05, 3.63) is 164 Å². The standard InChI is InChI=1S/C14H16N2O3.C14H14N2O3.C12H11BrN2O3.C10H10BrNO3.C10H12BrNO2.C10H13NO2.2CO2.CH4O/c2*1-4-10-5-11(14-7-15-8-19-14)13(18-3)6-12(10)16-9(2)17;1-7(16)15-10-4-11(17-2)8(3-9(10)13)12-5-14-6-18-12;1-6(14)12-9-4-10(15-2)7(5-13)3-8(9)11;1-6-4-8(11)9(12-7(2)13)5-10(6)14-3;1-7-4-5-9(11-8(2)12)6-10(7)13-3;2*2-1-3;1-2/h5-8H,4H2,1-3H3,(H,16,17);4-8H,1H2,2-3H3,(H,16,17);3-6H,1-2H3,(H,15,16);3-5H,1-2H3,(H,12,14);4-5H,1-3H3,(H,12,13);4-6H,1-3H3,(H,11,12);;;2H,1H3. The van der Waals surface area contributed by atoms with Crippen LogP contribution >= 0.6 is 47.8 Å². The highest BCUT2D eigenvalue weighted by Crippen LogP contribution is 2.40. The van der Waals surface area contributed by atoms with E-state index in [4.69, 9.17) is 66.0 Å². The largest absolute Gasteiger partial charge is 0.496 e. The lowest BCUT2D eigenvalue weighted by molar-refractivity contribution is -0.193. The number of oxazole rings is 3. The molecule has 6 aromatic carbocycles. The van der Waals surface area contributed by atoms with Gasteiger partial charge in [-0.3, -0.25) is 33.6 Å². The van der Waals surface area contributed by atoms with Crippen LogP contribution in [0.15, 0.2) is 150 Å². The number of anilines is 6. The predicted molar refractivity (Wildman–Crippen MR) is 406 cm³/mol. The molecule has 0 unspecified atom stereocenters. The van der Waals surface area contributed by atoms with Crippen molar-refractivity contribution in [3.63, 3.8) is 0 Å². The number of methoxy groups -OCH3 is 6. The zero-order valence-electron chi connectivity index (χ0n) is 60.6. The van der Waals surface area contributed by atoms with Crippen LogP contribution in [0.1, 0.15) is 81.1 Å². The van der Waals surface area contributed by atoms with E-state index in [0.717, 1.165) is 90.0 Å². The second-order valence-electron chi connectivity index (χ2n) is 20.5. The summed E-state index contributed by atoms with van der Waals surface area (Å²) in [5.74, 6) is 4.85. The van der Waals surface area contributed by atoms with Crippen LogP contribution in [0.25, 0.3) is 40.0 Å². The number of aliphatic hydroxyl groups is 1. The number of carbonyl (C=O) groups excluding carboxylic acids is 11. The van der Waals surface area contributed by atoms with Crippen LogP contribution < -0.4 is 60.3 Å². The van der Waals surface area contributed by atoms with Crippen molar-refractivity contribution in [2.45, 2.75) is 68.7 Å². The number of benzene rings is 6. The van der Waals surface area contributed by atoms with Crippen LogP contribution in [-0.4, -0.2) is 124 Å². The molecule has 9 rings (SSSR count). The second kappa shape index (κ2) is 49.7. The van der Waals surface area contributed by atoms with Crippen LogP contribution in [-0.2, 0) is 54.4 Å². The van der Waals surface area contributed by atoms with Gasteiger partial charge in [-0.05, 0) is 127 Å². The van der Waals surface area contributed by atoms with Gasteiger partial charge in [0, 0.05) is 110 Å². The van der Waals surface area contributed by atoms with Crippen LogP contribution in [0.5, 0.6) is 34.5 Å². The van der Waals surface area contributed by atoms with Gasteiger partial charge >= 0.3 is 12.3 Å². The van der Waals surface area contributed by atoms with E-state index in [9.17, 15) is 33.6 Å². The molecule has 0 fully saturated rings. The van der Waals surface area contributed by atoms with Crippen molar-refractivity contribution in [2.75, 3.05) is 81.7 Å². The van der Waals surface area contributed by atoms with Gasteiger partial charge in [-0.2, -0.15) is 19.2 Å². The lowest BCUT2D eigenvalue weighted by atomic mass is 10.0. The monoisotopic (exact) mass is 1660 g/mol. The minimum atomic E-state index is -0.184. The number of aromatic nitrogens is 3. The molecule has 3 aromatic heterocycles. The number of amides is 6. The average Bonchev–Trinajstić information content (AvgIpc) is 1.50. The number of hydrogen-bond acceptors (Lipinski definition) is 24. The number of hydrogen-bond donors (Lipinski definition) is 7. The summed E-state index contributed by atoms with van der Waals surface area (Å²) in [5.41, 5.74) is 10.7. The molecule has 7 N–H and O–H groups in total. The zero-order chi connectivity index (χ0) is 80.2. The number of nitrogens with one attached hydrogen (secondary N) is 6. The first-order valence-electron chi connectivity index (χ1n) is 30.5. The highest BCUT2D eigenvalue weighted by Gasteiger charge is 2.18. The minimum Gasteiger partial charge on any atom is -0.496 e. The van der Waals surface area contributed by atoms with E-state index < -0.39 is 0 Å². The van der Waals surface area contributed by atoms with Gasteiger partial charge in [0.15, 0.2) is 42.7 Å². The normalized spacial score (nSPS) is 9.36. The van der Waals surface area contributed by atoms with Crippen molar-refractivity contribution in [1.82, 2.24) is 15.0 Å². The van der Waals surface area contributed by atoms with Crippen molar-refractivity contribution < 1.29 is 99.5 Å². The van der Waals surface area contributed by atoms with Gasteiger partial charge in [-0.1, -0.05) is 25.6 Å². The first-order valence-corrected chi connectivity index (χ1v) is 32.9. The summed E-state index contributed by atoms with van der Waals surface area (Å²) < 4.78 is 49.3. The van der Waals surface area contributed by atoms with E-state index in [1.54, 1.807) is 103 Å². The van der Waals surface area contributed by atoms with Gasteiger partial charge in [0.05, 0.1) is 106 Å². The molecule has 0 atom stereocenters. The summed E-state index contributed by atoms with van der Waals surface area (Å²) in [6, 6.07) is 23.3. The second-order valence-corrected chi connectivity index (χ2v) is 23.0. The maximum absolute atomic E-state index is 11.2. The van der Waals surface area contributed by atoms with Gasteiger partial charge in [-0.15, -0.1) is 0 Å². The maximum atomic E-state index is 11.2. The zero-order valence-corrected chi connectivity index (χ0v) is 65.4. The molecular formula is C73H80Br3N9O21. The van der Waals surface area contributed by atoms with Crippen LogP contribution in [0, 0.1) is 13.8 Å². The van der Waals surface area contributed by atoms with Gasteiger partial charge in [0.2, 0.25) is 35.4 Å². The summed E-state index contributed by atoms with van der Waals surface area (Å²) in [6.07, 6.45) is 12.6. The van der Waals surface area contributed by atoms with Gasteiger partial charge in [0.25, 0.3) is 0 Å². The molecule has 0 aliphatic heterocycles. The van der Waals surface area contributed by atoms with Gasteiger partial charge < -0.3 is 78.7 Å². The Bertz CT molecular complexity index is 4410. The molecule has 33 heteroatoms. The summed E-state index contributed by atoms with van der Waals surface area (Å²) in [5, 5.41) is 23.3. The molecule has 3 heterocycles. The number of aryl methyl sites for hydroxylation is 3. The number of nitrogens with zero attached hydrogens (tertiary/aromatic N) is 3. The molecule has 564 valence electrons. The lowest BCUT2D eigenvalue weighted by Gasteiger charge is -2.13. The molecule has 0 radical (unpaired) electrons. The molecule has 0 aliphatic rings. The minimum absolute atomic E-state index is 0.0779. The molecule has 0 aliphatic carbocycles. The average molecular weight is 1660 g/mol. The molecule has 0 saturated heterocycles. The maximum Gasteiger partial charge on any atom is 0.373 e. The predicted octanol–water partition coefficient (Wildman–Crippen LogP) is 14.3. The molecule has 106 heavy (non-hydrogen) atoms. The van der Waals surface area contributed by atoms with Gasteiger partial charge in [0.1, 0.15) is 34.5 Å². The highest BCUT2D eigenvalue weighted by atomic mass is 79.9. The molecular weight excluding hydrogens is 1580 g/mol. The van der Waals surface area contributed by atoms with E-state index in [1.165, 1.54) is 67.8 Å². The third-order valence-electron chi connectivity index (χ3n) is 13.0. The number of ether oxygens (including phenoxy) is 6. The van der Waals surface area contributed by atoms with E-state index in [-0.39, 0.29) is 47.7 Å². The van der Waals surface area contributed by atoms with Crippen molar-refractivity contribution in [3.8, 4) is 68.5 Å². The third-order valence-corrected chi connectivity index (χ3v) is 15.0. The number of aldehydes is 1. The summed E-state index contributed by atoms with van der Waals surface area (Å²) in [7, 11) is 10.4. The van der Waals surface area contributed by atoms with E-state index in [2.05, 4.69) is 101 Å². The molecule has 9 aromatic rings. The Balaban J connectivity index is 0.000000626. The molecule has 0 saturated carbocycles. The number of aliphatic hydroxyl groups excluding tert-OH is 1. The SMILES string of the molecule is C=Cc1cc(-c2cnco2)c(OC)cc1NC(C)=O.CCc1cc(-c2cnco2)c(OC)cc1NC(C)=O.CO.COc1cc(NC(C)=O)c(Br)cc1-c1cnco1.COc1cc(NC(C)=O)c(Br)cc1C.COc1cc(NC(C)=O)c(Br)cc1C=O.COc1cc(NC(C)=O)ccc1C.O=C=O.O=C=O. The van der Waals surface area contributed by atoms with Crippen molar-refractivity contribution >= 4 is 142 Å². The quantitative estimate of drug-likeness (QED) is 0.0392. The van der Waals surface area contributed by atoms with Gasteiger partial charge in [-0.25, -0.2) is 15.0 Å². The fraction of sp³-hybridized carbons (Fsp3) is 0.233. The summed E-state index contributed by atoms with van der Waals surface area (Å²) in [6.45, 7) is 18.4. The fourth-order valence-electron chi connectivity index (χ4n) is 8.64. The van der Waals surface area contributed by atoms with Crippen LogP contribution in [0.3, 0.4) is 0 Å². The molecule has 0 bridgehead atoms. The van der Waals surface area contributed by atoms with Crippen LogP contribution in [0.4, 0.5) is 34.1 Å². The first kappa shape index (κ1) is 92.2. The smallest absolute Gasteiger partial charge is 0.373 e. The Kier molecular flexibility index (Phi) is 43.2. The Hall–Kier alpha value is -11.9. The van der Waals surface area contributed by atoms with Crippen molar-refractivity contribution in [1.29, 1.82) is 0 Å². The summed E-state index contributed by atoms with van der Waals surface area (Å²) in [4.78, 5) is 121. The lowest BCUT2D eigenvalue weighted by Crippen LogP contribution is -2.08. The Morgan fingerprint density at radius 2 is 0.774 bits per heavy atom. The first-order chi connectivity index (χ1) is 50.5.